The van der Waals surface area contributed by atoms with Crippen molar-refractivity contribution in [3.8, 4) is 0 Å². The lowest BCUT2D eigenvalue weighted by atomic mass is 9.87. The summed E-state index contributed by atoms with van der Waals surface area (Å²) in [6, 6.07) is 8.20. The summed E-state index contributed by atoms with van der Waals surface area (Å²) in [5, 5.41) is 3.01. The summed E-state index contributed by atoms with van der Waals surface area (Å²) in [4.78, 5) is 14.3. The number of likely N-dealkylation sites (N-methyl/N-ethyl adjacent to an activating group) is 1. The highest BCUT2D eigenvalue weighted by Gasteiger charge is 2.27. The maximum absolute atomic E-state index is 12.2. The molecule has 1 unspecified atom stereocenters. The molecule has 1 saturated heterocycles. The average Bonchev–Trinajstić information content (AvgIpc) is 2.75. The number of hydrogen-bond acceptors (Lipinski definition) is 2. The largest absolute Gasteiger partial charge is 0.325 e. The van der Waals surface area contributed by atoms with Crippen molar-refractivity contribution >= 4 is 11.6 Å². The molecule has 2 rings (SSSR count). The molecule has 0 saturated carbocycles. The molecule has 1 N–H and O–H groups in total. The highest BCUT2D eigenvalue weighted by Crippen LogP contribution is 2.24. The van der Waals surface area contributed by atoms with Crippen molar-refractivity contribution in [2.24, 2.45) is 0 Å². The van der Waals surface area contributed by atoms with Crippen molar-refractivity contribution in [3.63, 3.8) is 0 Å². The Labute approximate surface area is 116 Å². The first kappa shape index (κ1) is 14.1. The summed E-state index contributed by atoms with van der Waals surface area (Å²) in [6.07, 6.45) is 2.07. The van der Waals surface area contributed by atoms with E-state index >= 15 is 0 Å². The van der Waals surface area contributed by atoms with Gasteiger partial charge in [0.2, 0.25) is 5.91 Å². The second kappa shape index (κ2) is 5.33. The molecule has 1 amide bonds. The molecular weight excluding hydrogens is 236 g/mol. The van der Waals surface area contributed by atoms with E-state index in [1.54, 1.807) is 0 Å². The van der Waals surface area contributed by atoms with Gasteiger partial charge in [0.25, 0.3) is 0 Å². The van der Waals surface area contributed by atoms with Crippen LogP contribution >= 0.6 is 0 Å². The van der Waals surface area contributed by atoms with E-state index in [2.05, 4.69) is 43.1 Å². The van der Waals surface area contributed by atoms with E-state index in [0.717, 1.165) is 25.1 Å². The van der Waals surface area contributed by atoms with E-state index in [0.29, 0.717) is 0 Å². The number of nitrogens with zero attached hydrogens (tertiary/aromatic N) is 1. The maximum Gasteiger partial charge on any atom is 0.241 e. The molecule has 0 aliphatic carbocycles. The number of carbonyl (C=O) groups is 1. The van der Waals surface area contributed by atoms with Crippen molar-refractivity contribution in [1.82, 2.24) is 4.90 Å². The minimum atomic E-state index is 0.0299. The third-order valence-corrected chi connectivity index (χ3v) is 3.84. The minimum Gasteiger partial charge on any atom is -0.325 e. The number of benzene rings is 1. The molecule has 1 aromatic carbocycles. The van der Waals surface area contributed by atoms with Crippen molar-refractivity contribution in [1.29, 1.82) is 0 Å². The van der Waals surface area contributed by atoms with Crippen LogP contribution in [0.2, 0.25) is 0 Å². The molecule has 1 aromatic rings. The van der Waals surface area contributed by atoms with Gasteiger partial charge in [-0.1, -0.05) is 32.9 Å². The second-order valence-electron chi connectivity index (χ2n) is 6.46. The molecule has 3 nitrogen and oxygen atoms in total. The first-order valence-electron chi connectivity index (χ1n) is 6.99. The van der Waals surface area contributed by atoms with E-state index in [-0.39, 0.29) is 17.4 Å². The van der Waals surface area contributed by atoms with Crippen LogP contribution in [0.5, 0.6) is 0 Å². The van der Waals surface area contributed by atoms with Crippen LogP contribution in [-0.4, -0.2) is 30.4 Å². The van der Waals surface area contributed by atoms with Gasteiger partial charge >= 0.3 is 0 Å². The summed E-state index contributed by atoms with van der Waals surface area (Å²) < 4.78 is 0. The number of rotatable bonds is 2. The molecule has 1 aliphatic rings. The quantitative estimate of drug-likeness (QED) is 0.886. The molecule has 3 heteroatoms. The van der Waals surface area contributed by atoms with Gasteiger partial charge in [-0.25, -0.2) is 0 Å². The molecule has 0 spiro atoms. The number of hydrogen-bond donors (Lipinski definition) is 1. The van der Waals surface area contributed by atoms with Gasteiger partial charge < -0.3 is 5.32 Å². The lowest BCUT2D eigenvalue weighted by Gasteiger charge is -2.21. The van der Waals surface area contributed by atoms with Gasteiger partial charge in [0.1, 0.15) is 0 Å². The van der Waals surface area contributed by atoms with Crippen LogP contribution in [0.3, 0.4) is 0 Å². The highest BCUT2D eigenvalue weighted by atomic mass is 16.2. The summed E-state index contributed by atoms with van der Waals surface area (Å²) in [5.41, 5.74) is 2.32. The lowest BCUT2D eigenvalue weighted by Crippen LogP contribution is -2.37. The van der Waals surface area contributed by atoms with Gasteiger partial charge in [0.15, 0.2) is 0 Å². The Morgan fingerprint density at radius 3 is 2.37 bits per heavy atom. The zero-order valence-corrected chi connectivity index (χ0v) is 12.4. The van der Waals surface area contributed by atoms with Crippen LogP contribution < -0.4 is 5.32 Å². The molecule has 19 heavy (non-hydrogen) atoms. The van der Waals surface area contributed by atoms with Crippen molar-refractivity contribution in [2.75, 3.05) is 18.9 Å². The number of likely N-dealkylation sites (tertiary alicyclic amines) is 1. The van der Waals surface area contributed by atoms with Crippen LogP contribution in [0.15, 0.2) is 24.3 Å². The Hall–Kier alpha value is -1.35. The number of anilines is 1. The van der Waals surface area contributed by atoms with E-state index in [4.69, 9.17) is 0 Å². The SMILES string of the molecule is CN1CCCC1C(=O)Nc1ccc(C(C)(C)C)cc1. The summed E-state index contributed by atoms with van der Waals surface area (Å²) in [5.74, 6) is 0.114. The number of carbonyl (C=O) groups excluding carboxylic acids is 1. The van der Waals surface area contributed by atoms with E-state index in [9.17, 15) is 4.79 Å². The van der Waals surface area contributed by atoms with Crippen LogP contribution in [-0.2, 0) is 10.2 Å². The van der Waals surface area contributed by atoms with Crippen molar-refractivity contribution < 1.29 is 4.79 Å². The molecule has 0 aromatic heterocycles. The normalized spacial score (nSPS) is 20.5. The Balaban J connectivity index is 2.02. The summed E-state index contributed by atoms with van der Waals surface area (Å²) >= 11 is 0. The molecule has 0 radical (unpaired) electrons. The fourth-order valence-electron chi connectivity index (χ4n) is 2.52. The van der Waals surface area contributed by atoms with Gasteiger partial charge in [-0.3, -0.25) is 9.69 Å². The molecular formula is C16H24N2O. The molecule has 1 fully saturated rings. The molecule has 1 atom stereocenters. The summed E-state index contributed by atoms with van der Waals surface area (Å²) in [6.45, 7) is 7.58. The second-order valence-corrected chi connectivity index (χ2v) is 6.46. The van der Waals surface area contributed by atoms with Crippen LogP contribution in [0.25, 0.3) is 0 Å². The lowest BCUT2D eigenvalue weighted by molar-refractivity contribution is -0.119. The first-order chi connectivity index (χ1) is 8.88. The molecule has 1 aliphatic heterocycles. The smallest absolute Gasteiger partial charge is 0.241 e. The monoisotopic (exact) mass is 260 g/mol. The predicted octanol–water partition coefficient (Wildman–Crippen LogP) is 3.02. The Morgan fingerprint density at radius 2 is 1.89 bits per heavy atom. The van der Waals surface area contributed by atoms with Gasteiger partial charge in [-0.05, 0) is 49.5 Å². The predicted molar refractivity (Wildman–Crippen MR) is 79.4 cm³/mol. The van der Waals surface area contributed by atoms with E-state index in [1.165, 1.54) is 5.56 Å². The average molecular weight is 260 g/mol. The standard InChI is InChI=1S/C16H24N2O/c1-16(2,3)12-7-9-13(10-8-12)17-15(19)14-6-5-11-18(14)4/h7-10,14H,5-6,11H2,1-4H3,(H,17,19). The fraction of sp³-hybridized carbons (Fsp3) is 0.562. The zero-order valence-electron chi connectivity index (χ0n) is 12.4. The summed E-state index contributed by atoms with van der Waals surface area (Å²) in [7, 11) is 2.01. The van der Waals surface area contributed by atoms with Gasteiger partial charge in [-0.2, -0.15) is 0 Å². The Bertz CT molecular complexity index is 445. The number of amides is 1. The Morgan fingerprint density at radius 1 is 1.26 bits per heavy atom. The van der Waals surface area contributed by atoms with Gasteiger partial charge in [0.05, 0.1) is 6.04 Å². The van der Waals surface area contributed by atoms with Crippen LogP contribution in [0.4, 0.5) is 5.69 Å². The third kappa shape index (κ3) is 3.35. The van der Waals surface area contributed by atoms with Crippen molar-refractivity contribution in [3.05, 3.63) is 29.8 Å². The molecule has 104 valence electrons. The maximum atomic E-state index is 12.2. The van der Waals surface area contributed by atoms with Gasteiger partial charge in [0, 0.05) is 5.69 Å². The Kier molecular flexibility index (Phi) is 3.95. The third-order valence-electron chi connectivity index (χ3n) is 3.84. The minimum absolute atomic E-state index is 0.0299. The molecule has 0 bridgehead atoms. The first-order valence-corrected chi connectivity index (χ1v) is 6.99. The number of nitrogens with one attached hydrogen (secondary N) is 1. The van der Waals surface area contributed by atoms with Crippen LogP contribution in [0.1, 0.15) is 39.2 Å². The van der Waals surface area contributed by atoms with E-state index in [1.807, 2.05) is 19.2 Å². The van der Waals surface area contributed by atoms with E-state index < -0.39 is 0 Å². The fourth-order valence-corrected chi connectivity index (χ4v) is 2.52. The van der Waals surface area contributed by atoms with Gasteiger partial charge in [-0.15, -0.1) is 0 Å². The zero-order chi connectivity index (χ0) is 14.0. The topological polar surface area (TPSA) is 32.3 Å². The highest BCUT2D eigenvalue weighted by molar-refractivity contribution is 5.95. The van der Waals surface area contributed by atoms with Crippen LogP contribution in [0, 0.1) is 0 Å². The van der Waals surface area contributed by atoms with Crippen molar-refractivity contribution in [2.45, 2.75) is 45.1 Å². The molecule has 1 heterocycles.